The maximum absolute atomic E-state index is 6.40. The minimum absolute atomic E-state index is 0.155. The predicted molar refractivity (Wildman–Crippen MR) is 69.0 cm³/mol. The number of hydrogen-bond acceptors (Lipinski definition) is 4. The second-order valence-electron chi connectivity index (χ2n) is 5.45. The number of nitrogens with two attached hydrogens (primary N) is 1. The van der Waals surface area contributed by atoms with Crippen LogP contribution in [0.3, 0.4) is 0 Å². The number of aromatic nitrogens is 1. The summed E-state index contributed by atoms with van der Waals surface area (Å²) in [4.78, 5) is 5.55. The fourth-order valence-corrected chi connectivity index (χ4v) is 3.94. The quantitative estimate of drug-likeness (QED) is 0.880. The van der Waals surface area contributed by atoms with E-state index in [9.17, 15) is 0 Å². The highest BCUT2D eigenvalue weighted by atomic mass is 32.1. The minimum Gasteiger partial charge on any atom is -0.375 e. The first-order chi connectivity index (χ1) is 8.19. The van der Waals surface area contributed by atoms with Gasteiger partial charge in [-0.2, -0.15) is 0 Å². The van der Waals surface area contributed by atoms with Gasteiger partial charge in [0.1, 0.15) is 0 Å². The van der Waals surface area contributed by atoms with Gasteiger partial charge in [-0.1, -0.05) is 0 Å². The first kappa shape index (κ1) is 11.6. The van der Waals surface area contributed by atoms with Crippen LogP contribution in [0.2, 0.25) is 0 Å². The molecule has 3 rings (SSSR count). The molecule has 17 heavy (non-hydrogen) atoms. The van der Waals surface area contributed by atoms with E-state index >= 15 is 0 Å². The molecule has 1 aromatic heterocycles. The van der Waals surface area contributed by atoms with Crippen molar-refractivity contribution >= 4 is 11.3 Å². The molecule has 4 heteroatoms. The smallest absolute Gasteiger partial charge is 0.0897 e. The van der Waals surface area contributed by atoms with Crippen molar-refractivity contribution in [2.24, 2.45) is 11.7 Å². The number of aryl methyl sites for hydroxylation is 1. The lowest BCUT2D eigenvalue weighted by Gasteiger charge is -2.48. The van der Waals surface area contributed by atoms with E-state index in [-0.39, 0.29) is 11.6 Å². The molecular weight excluding hydrogens is 232 g/mol. The van der Waals surface area contributed by atoms with Crippen LogP contribution in [0.1, 0.15) is 48.0 Å². The summed E-state index contributed by atoms with van der Waals surface area (Å²) in [5.41, 5.74) is 6.59. The maximum Gasteiger partial charge on any atom is 0.0897 e. The van der Waals surface area contributed by atoms with Crippen LogP contribution in [0.15, 0.2) is 6.20 Å². The van der Waals surface area contributed by atoms with Crippen LogP contribution in [0.4, 0.5) is 0 Å². The van der Waals surface area contributed by atoms with E-state index in [1.165, 1.54) is 24.1 Å². The second kappa shape index (κ2) is 4.34. The molecule has 0 aromatic carbocycles. The summed E-state index contributed by atoms with van der Waals surface area (Å²) >= 11 is 1.74. The molecule has 1 aromatic rings. The van der Waals surface area contributed by atoms with Gasteiger partial charge in [0.15, 0.2) is 0 Å². The third-order valence-corrected chi connectivity index (χ3v) is 5.29. The fraction of sp³-hybridized carbons (Fsp3) is 0.769. The zero-order chi connectivity index (χ0) is 11.9. The standard InChI is InChI=1S/C13H20N2OS/c1-9-15-8-11(17-9)12(14)10-3-6-16-13(7-10)4-2-5-13/h8,10,12H,2-7,14H2,1H3. The number of ether oxygens (including phenoxy) is 1. The molecule has 1 saturated heterocycles. The Morgan fingerprint density at radius 1 is 1.59 bits per heavy atom. The van der Waals surface area contributed by atoms with Gasteiger partial charge in [0.2, 0.25) is 0 Å². The van der Waals surface area contributed by atoms with Crippen molar-refractivity contribution in [2.45, 2.75) is 50.7 Å². The Labute approximate surface area is 106 Å². The Kier molecular flexibility index (Phi) is 2.97. The lowest BCUT2D eigenvalue weighted by molar-refractivity contribution is -0.146. The van der Waals surface area contributed by atoms with E-state index in [1.807, 2.05) is 13.1 Å². The molecule has 1 aliphatic heterocycles. The highest BCUT2D eigenvalue weighted by Gasteiger charge is 2.44. The Bertz CT molecular complexity index is 400. The van der Waals surface area contributed by atoms with Gasteiger partial charge in [-0.25, -0.2) is 4.98 Å². The summed E-state index contributed by atoms with van der Waals surface area (Å²) in [6.45, 7) is 2.93. The SMILES string of the molecule is Cc1ncc(C(N)C2CCOC3(CCC3)C2)s1. The van der Waals surface area contributed by atoms with Crippen LogP contribution in [-0.2, 0) is 4.74 Å². The third-order valence-electron chi connectivity index (χ3n) is 4.27. The molecule has 2 unspecified atom stereocenters. The normalized spacial score (nSPS) is 28.9. The first-order valence-corrected chi connectivity index (χ1v) is 7.32. The topological polar surface area (TPSA) is 48.1 Å². The highest BCUT2D eigenvalue weighted by molar-refractivity contribution is 7.11. The molecule has 1 aliphatic carbocycles. The number of hydrogen-bond donors (Lipinski definition) is 1. The van der Waals surface area contributed by atoms with E-state index in [1.54, 1.807) is 11.3 Å². The predicted octanol–water partition coefficient (Wildman–Crippen LogP) is 2.80. The van der Waals surface area contributed by atoms with Crippen molar-refractivity contribution in [3.8, 4) is 0 Å². The van der Waals surface area contributed by atoms with Crippen LogP contribution in [0.5, 0.6) is 0 Å². The van der Waals surface area contributed by atoms with E-state index < -0.39 is 0 Å². The molecular formula is C13H20N2OS. The average molecular weight is 252 g/mol. The van der Waals surface area contributed by atoms with Crippen LogP contribution in [0.25, 0.3) is 0 Å². The first-order valence-electron chi connectivity index (χ1n) is 6.50. The van der Waals surface area contributed by atoms with Crippen LogP contribution in [0, 0.1) is 12.8 Å². The molecule has 2 fully saturated rings. The molecule has 0 bridgehead atoms. The van der Waals surface area contributed by atoms with Gasteiger partial charge in [0, 0.05) is 23.7 Å². The van der Waals surface area contributed by atoms with E-state index in [2.05, 4.69) is 4.98 Å². The summed E-state index contributed by atoms with van der Waals surface area (Å²) < 4.78 is 5.96. The Morgan fingerprint density at radius 2 is 2.41 bits per heavy atom. The second-order valence-corrected chi connectivity index (χ2v) is 6.71. The van der Waals surface area contributed by atoms with Crippen LogP contribution >= 0.6 is 11.3 Å². The fourth-order valence-electron chi connectivity index (χ4n) is 3.06. The highest BCUT2D eigenvalue weighted by Crippen LogP contribution is 2.47. The molecule has 1 spiro atoms. The monoisotopic (exact) mass is 252 g/mol. The molecule has 94 valence electrons. The van der Waals surface area contributed by atoms with Crippen molar-refractivity contribution in [3.05, 3.63) is 16.1 Å². The van der Waals surface area contributed by atoms with E-state index in [4.69, 9.17) is 10.5 Å². The Morgan fingerprint density at radius 3 is 3.00 bits per heavy atom. The van der Waals surface area contributed by atoms with Crippen LogP contribution < -0.4 is 5.73 Å². The summed E-state index contributed by atoms with van der Waals surface area (Å²) in [6, 6.07) is 0.155. The lowest BCUT2D eigenvalue weighted by atomic mass is 9.70. The molecule has 2 heterocycles. The third kappa shape index (κ3) is 2.14. The molecule has 0 amide bonds. The van der Waals surface area contributed by atoms with Crippen molar-refractivity contribution in [3.63, 3.8) is 0 Å². The largest absolute Gasteiger partial charge is 0.375 e. The van der Waals surface area contributed by atoms with Gasteiger partial charge in [-0.3, -0.25) is 0 Å². The summed E-state index contributed by atoms with van der Waals surface area (Å²) in [6.07, 6.45) is 7.98. The summed E-state index contributed by atoms with van der Waals surface area (Å²) in [7, 11) is 0. The Hall–Kier alpha value is -0.450. The zero-order valence-corrected chi connectivity index (χ0v) is 11.1. The van der Waals surface area contributed by atoms with Crippen LogP contribution in [-0.4, -0.2) is 17.2 Å². The number of nitrogens with zero attached hydrogens (tertiary/aromatic N) is 1. The molecule has 2 aliphatic rings. The van der Waals surface area contributed by atoms with Gasteiger partial charge in [0.25, 0.3) is 0 Å². The van der Waals surface area contributed by atoms with Crippen molar-refractivity contribution in [1.82, 2.24) is 4.98 Å². The molecule has 2 atom stereocenters. The number of thiazole rings is 1. The van der Waals surface area contributed by atoms with Gasteiger partial charge in [-0.15, -0.1) is 11.3 Å². The summed E-state index contributed by atoms with van der Waals surface area (Å²) in [5, 5.41) is 1.11. The maximum atomic E-state index is 6.40. The lowest BCUT2D eigenvalue weighted by Crippen LogP contribution is -2.47. The molecule has 1 saturated carbocycles. The van der Waals surface area contributed by atoms with Gasteiger partial charge in [0.05, 0.1) is 10.6 Å². The van der Waals surface area contributed by atoms with E-state index in [0.29, 0.717) is 5.92 Å². The molecule has 2 N–H and O–H groups in total. The zero-order valence-electron chi connectivity index (χ0n) is 10.3. The molecule has 0 radical (unpaired) electrons. The van der Waals surface area contributed by atoms with Gasteiger partial charge < -0.3 is 10.5 Å². The summed E-state index contributed by atoms with van der Waals surface area (Å²) in [5.74, 6) is 0.573. The molecule has 3 nitrogen and oxygen atoms in total. The van der Waals surface area contributed by atoms with Gasteiger partial charge in [-0.05, 0) is 44.9 Å². The van der Waals surface area contributed by atoms with Crippen molar-refractivity contribution in [1.29, 1.82) is 0 Å². The van der Waals surface area contributed by atoms with Crippen molar-refractivity contribution < 1.29 is 4.74 Å². The van der Waals surface area contributed by atoms with Crippen molar-refractivity contribution in [2.75, 3.05) is 6.61 Å². The van der Waals surface area contributed by atoms with E-state index in [0.717, 1.165) is 24.5 Å². The Balaban J connectivity index is 1.71. The number of rotatable bonds is 2. The van der Waals surface area contributed by atoms with Gasteiger partial charge >= 0.3 is 0 Å². The average Bonchev–Trinajstić information content (AvgIpc) is 2.73. The minimum atomic E-state index is 0.155.